The van der Waals surface area contributed by atoms with Gasteiger partial charge in [-0.05, 0) is 13.8 Å². The lowest BCUT2D eigenvalue weighted by Crippen LogP contribution is -2.53. The highest BCUT2D eigenvalue weighted by atomic mass is 32.2. The number of aromatic amines is 1. The highest BCUT2D eigenvalue weighted by molar-refractivity contribution is 7.89. The van der Waals surface area contributed by atoms with E-state index >= 15 is 0 Å². The second kappa shape index (κ2) is 4.38. The molecule has 18 heavy (non-hydrogen) atoms. The maximum Gasteiger partial charge on any atom is 0.340 e. The molecule has 0 aliphatic heterocycles. The molecule has 1 heterocycles. The van der Waals surface area contributed by atoms with Gasteiger partial charge in [-0.15, -0.1) is 0 Å². The van der Waals surface area contributed by atoms with Crippen molar-refractivity contribution in [3.8, 4) is 0 Å². The molecule has 0 unspecified atom stereocenters. The highest BCUT2D eigenvalue weighted by Crippen LogP contribution is 2.14. The first-order valence-corrected chi connectivity index (χ1v) is 6.17. The van der Waals surface area contributed by atoms with Gasteiger partial charge in [0.15, 0.2) is 5.03 Å². The van der Waals surface area contributed by atoms with Crippen LogP contribution in [0.2, 0.25) is 0 Å². The van der Waals surface area contributed by atoms with Crippen molar-refractivity contribution in [2.45, 2.75) is 24.4 Å². The van der Waals surface area contributed by atoms with Gasteiger partial charge in [0.05, 0.1) is 6.20 Å². The fourth-order valence-corrected chi connectivity index (χ4v) is 2.55. The molecule has 0 atom stereocenters. The third-order valence-electron chi connectivity index (χ3n) is 2.11. The zero-order valence-corrected chi connectivity index (χ0v) is 10.4. The van der Waals surface area contributed by atoms with Gasteiger partial charge in [-0.1, -0.05) is 0 Å². The van der Waals surface area contributed by atoms with Crippen molar-refractivity contribution in [3.63, 3.8) is 0 Å². The van der Waals surface area contributed by atoms with Gasteiger partial charge in [-0.3, -0.25) is 9.89 Å². The Morgan fingerprint density at radius 1 is 1.50 bits per heavy atom. The number of sulfonamides is 1. The number of hydrogen-bond donors (Lipinski definition) is 4. The summed E-state index contributed by atoms with van der Waals surface area (Å²) < 4.78 is 25.8. The summed E-state index contributed by atoms with van der Waals surface area (Å²) in [7, 11) is -4.25. The van der Waals surface area contributed by atoms with E-state index in [1.54, 1.807) is 0 Å². The zero-order valence-electron chi connectivity index (χ0n) is 9.59. The van der Waals surface area contributed by atoms with Crippen LogP contribution in [-0.4, -0.2) is 41.1 Å². The number of carboxylic acids is 1. The molecule has 0 aliphatic rings. The summed E-state index contributed by atoms with van der Waals surface area (Å²) in [4.78, 5) is 21.8. The van der Waals surface area contributed by atoms with Gasteiger partial charge >= 0.3 is 5.97 Å². The average molecular weight is 276 g/mol. The van der Waals surface area contributed by atoms with Crippen molar-refractivity contribution in [2.24, 2.45) is 5.73 Å². The Hall–Kier alpha value is -1.94. The molecular weight excluding hydrogens is 264 g/mol. The highest BCUT2D eigenvalue weighted by Gasteiger charge is 2.34. The number of nitrogens with one attached hydrogen (secondary N) is 2. The van der Waals surface area contributed by atoms with Crippen molar-refractivity contribution in [3.05, 3.63) is 11.8 Å². The first-order chi connectivity index (χ1) is 8.08. The lowest BCUT2D eigenvalue weighted by atomic mass is 10.1. The number of primary amides is 1. The Labute approximate surface area is 102 Å². The summed E-state index contributed by atoms with van der Waals surface area (Å²) in [5.41, 5.74) is 2.94. The second-order valence-corrected chi connectivity index (χ2v) is 5.63. The van der Waals surface area contributed by atoms with Crippen LogP contribution in [0.4, 0.5) is 0 Å². The molecule has 0 saturated heterocycles. The van der Waals surface area contributed by atoms with Gasteiger partial charge in [0, 0.05) is 0 Å². The number of H-pyrrole nitrogens is 1. The molecule has 0 spiro atoms. The monoisotopic (exact) mass is 276 g/mol. The summed E-state index contributed by atoms with van der Waals surface area (Å²) in [6.45, 7) is 2.51. The van der Waals surface area contributed by atoms with Crippen molar-refractivity contribution in [1.29, 1.82) is 0 Å². The molecule has 5 N–H and O–H groups in total. The van der Waals surface area contributed by atoms with E-state index in [-0.39, 0.29) is 0 Å². The largest absolute Gasteiger partial charge is 0.478 e. The van der Waals surface area contributed by atoms with Crippen LogP contribution in [0.25, 0.3) is 0 Å². The van der Waals surface area contributed by atoms with Gasteiger partial charge in [0.1, 0.15) is 11.1 Å². The van der Waals surface area contributed by atoms with Crippen molar-refractivity contribution < 1.29 is 23.1 Å². The molecule has 0 aliphatic carbocycles. The topological polar surface area (TPSA) is 155 Å². The Morgan fingerprint density at radius 3 is 2.50 bits per heavy atom. The van der Waals surface area contributed by atoms with Crippen LogP contribution in [0.15, 0.2) is 11.2 Å². The molecule has 0 fully saturated rings. The maximum atomic E-state index is 11.9. The number of carboxylic acid groups (broad SMARTS) is 1. The molecule has 100 valence electrons. The molecule has 0 saturated carbocycles. The third kappa shape index (κ3) is 2.65. The maximum absolute atomic E-state index is 11.9. The summed E-state index contributed by atoms with van der Waals surface area (Å²) in [6.07, 6.45) is 0.855. The number of amides is 1. The summed E-state index contributed by atoms with van der Waals surface area (Å²) in [5.74, 6) is -2.36. The molecule has 10 heteroatoms. The lowest BCUT2D eigenvalue weighted by molar-refractivity contribution is -0.122. The van der Waals surface area contributed by atoms with E-state index in [0.29, 0.717) is 0 Å². The number of carbonyl (C=O) groups excluding carboxylic acids is 1. The van der Waals surface area contributed by atoms with Crippen molar-refractivity contribution in [2.75, 3.05) is 0 Å². The van der Waals surface area contributed by atoms with Gasteiger partial charge in [-0.2, -0.15) is 9.82 Å². The van der Waals surface area contributed by atoms with Gasteiger partial charge < -0.3 is 10.8 Å². The van der Waals surface area contributed by atoms with Crippen molar-refractivity contribution in [1.82, 2.24) is 14.9 Å². The fraction of sp³-hybridized carbons (Fsp3) is 0.375. The first-order valence-electron chi connectivity index (χ1n) is 4.68. The van der Waals surface area contributed by atoms with E-state index < -0.39 is 38.0 Å². The van der Waals surface area contributed by atoms with Gasteiger partial charge in [-0.25, -0.2) is 13.2 Å². The van der Waals surface area contributed by atoms with E-state index in [4.69, 9.17) is 10.8 Å². The number of hydrogen-bond acceptors (Lipinski definition) is 5. The van der Waals surface area contributed by atoms with Crippen LogP contribution < -0.4 is 10.5 Å². The average Bonchev–Trinajstić information content (AvgIpc) is 2.64. The van der Waals surface area contributed by atoms with E-state index in [1.165, 1.54) is 13.8 Å². The second-order valence-electron chi connectivity index (χ2n) is 4.01. The molecular formula is C8H12N4O5S. The number of carbonyl (C=O) groups is 2. The van der Waals surface area contributed by atoms with E-state index in [1.807, 2.05) is 4.72 Å². The van der Waals surface area contributed by atoms with Gasteiger partial charge in [0.2, 0.25) is 5.91 Å². The number of rotatable bonds is 5. The third-order valence-corrected chi connectivity index (χ3v) is 3.74. The van der Waals surface area contributed by atoms with E-state index in [9.17, 15) is 18.0 Å². The minimum Gasteiger partial charge on any atom is -0.478 e. The molecule has 1 amide bonds. The van der Waals surface area contributed by atoms with E-state index in [0.717, 1.165) is 6.20 Å². The summed E-state index contributed by atoms with van der Waals surface area (Å²) in [6, 6.07) is 0. The Balaban J connectivity index is 3.20. The summed E-state index contributed by atoms with van der Waals surface area (Å²) >= 11 is 0. The quantitative estimate of drug-likeness (QED) is 0.521. The predicted octanol–water partition coefficient (Wildman–Crippen LogP) is -1.35. The van der Waals surface area contributed by atoms with Crippen LogP contribution in [0, 0.1) is 0 Å². The zero-order chi connectivity index (χ0) is 14.1. The number of nitrogens with zero attached hydrogens (tertiary/aromatic N) is 1. The molecule has 9 nitrogen and oxygen atoms in total. The van der Waals surface area contributed by atoms with Crippen LogP contribution in [0.5, 0.6) is 0 Å². The molecule has 1 rings (SSSR count). The van der Waals surface area contributed by atoms with Crippen LogP contribution in [0.1, 0.15) is 24.2 Å². The number of aromatic carboxylic acids is 1. The van der Waals surface area contributed by atoms with Gasteiger partial charge in [0.25, 0.3) is 10.0 Å². The van der Waals surface area contributed by atoms with E-state index in [2.05, 4.69) is 10.2 Å². The standard InChI is InChI=1S/C8H12N4O5S/c1-8(2,7(9)15)12-18(16,17)5-4(6(13)14)3-10-11-5/h3,12H,1-2H3,(H2,9,15)(H,10,11)(H,13,14). The molecule has 1 aromatic rings. The Kier molecular flexibility index (Phi) is 3.44. The fourth-order valence-electron chi connectivity index (χ4n) is 1.07. The molecule has 1 aromatic heterocycles. The predicted molar refractivity (Wildman–Crippen MR) is 59.1 cm³/mol. The molecule has 0 bridgehead atoms. The Morgan fingerprint density at radius 2 is 2.06 bits per heavy atom. The lowest BCUT2D eigenvalue weighted by Gasteiger charge is -2.21. The summed E-state index contributed by atoms with van der Waals surface area (Å²) in [5, 5.41) is 13.5. The van der Waals surface area contributed by atoms with Crippen molar-refractivity contribution >= 4 is 21.9 Å². The number of aromatic nitrogens is 2. The SMILES string of the molecule is CC(C)(NS(=O)(=O)c1[nH]ncc1C(=O)O)C(N)=O. The smallest absolute Gasteiger partial charge is 0.340 e. The first kappa shape index (κ1) is 14.1. The molecule has 0 radical (unpaired) electrons. The minimum absolute atomic E-state index is 0.525. The molecule has 0 aromatic carbocycles. The minimum atomic E-state index is -4.25. The number of nitrogens with two attached hydrogens (primary N) is 1. The van der Waals surface area contributed by atoms with Crippen LogP contribution >= 0.6 is 0 Å². The Bertz CT molecular complexity index is 588. The van der Waals surface area contributed by atoms with Crippen LogP contribution in [-0.2, 0) is 14.8 Å². The normalized spacial score (nSPS) is 12.3. The van der Waals surface area contributed by atoms with Crippen LogP contribution in [0.3, 0.4) is 0 Å².